The molecule has 21 heavy (non-hydrogen) atoms. The number of nitrogens with zero attached hydrogens (tertiary/aromatic N) is 3. The van der Waals surface area contributed by atoms with Crippen LogP contribution in [0.4, 0.5) is 5.82 Å². The highest BCUT2D eigenvalue weighted by molar-refractivity contribution is 6.29. The van der Waals surface area contributed by atoms with Gasteiger partial charge < -0.3 is 4.90 Å². The number of rotatable bonds is 8. The molecule has 1 rings (SSSR count). The first-order valence-corrected chi connectivity index (χ1v) is 8.46. The molecule has 0 aliphatic heterocycles. The van der Waals surface area contributed by atoms with Crippen LogP contribution in [-0.4, -0.2) is 23.1 Å². The molecule has 0 aliphatic carbocycles. The van der Waals surface area contributed by atoms with E-state index in [1.165, 1.54) is 0 Å². The van der Waals surface area contributed by atoms with Crippen LogP contribution in [0, 0.1) is 11.8 Å². The van der Waals surface area contributed by atoms with E-state index < -0.39 is 0 Å². The summed E-state index contributed by atoms with van der Waals surface area (Å²) in [6, 6.07) is 1.90. The van der Waals surface area contributed by atoms with Crippen molar-refractivity contribution < 1.29 is 0 Å². The summed E-state index contributed by atoms with van der Waals surface area (Å²) >= 11 is 6.19. The Labute approximate surface area is 135 Å². The Morgan fingerprint density at radius 2 is 1.48 bits per heavy atom. The summed E-state index contributed by atoms with van der Waals surface area (Å²) in [5, 5.41) is 0.544. The fourth-order valence-electron chi connectivity index (χ4n) is 2.01. The van der Waals surface area contributed by atoms with Gasteiger partial charge in [0, 0.05) is 25.1 Å². The molecule has 0 spiro atoms. The zero-order valence-electron chi connectivity index (χ0n) is 14.4. The smallest absolute Gasteiger partial charge is 0.135 e. The van der Waals surface area contributed by atoms with E-state index in [1.807, 2.05) is 6.07 Å². The van der Waals surface area contributed by atoms with Crippen molar-refractivity contribution in [3.63, 3.8) is 0 Å². The molecule has 0 aromatic carbocycles. The summed E-state index contributed by atoms with van der Waals surface area (Å²) in [4.78, 5) is 11.4. The summed E-state index contributed by atoms with van der Waals surface area (Å²) in [6.07, 6.45) is 2.33. The molecule has 0 unspecified atom stereocenters. The van der Waals surface area contributed by atoms with Gasteiger partial charge in [-0.3, -0.25) is 0 Å². The van der Waals surface area contributed by atoms with Crippen molar-refractivity contribution in [3.8, 4) is 0 Å². The van der Waals surface area contributed by atoms with Gasteiger partial charge in [-0.05, 0) is 24.7 Å². The lowest BCUT2D eigenvalue weighted by molar-refractivity contribution is 0.532. The molecule has 0 aliphatic rings. The molecule has 120 valence electrons. The molecule has 1 heterocycles. The molecule has 0 atom stereocenters. The van der Waals surface area contributed by atoms with E-state index in [1.54, 1.807) is 0 Å². The third kappa shape index (κ3) is 6.64. The van der Waals surface area contributed by atoms with Crippen LogP contribution in [0.25, 0.3) is 0 Å². The van der Waals surface area contributed by atoms with Gasteiger partial charge >= 0.3 is 0 Å². The number of aromatic nitrogens is 2. The first-order valence-electron chi connectivity index (χ1n) is 8.09. The average Bonchev–Trinajstić information content (AvgIpc) is 2.37. The molecule has 0 saturated heterocycles. The normalized spacial score (nSPS) is 11.7. The van der Waals surface area contributed by atoms with Crippen molar-refractivity contribution in [1.29, 1.82) is 0 Å². The molecule has 0 amide bonds. The molecule has 0 radical (unpaired) electrons. The van der Waals surface area contributed by atoms with Gasteiger partial charge in [-0.1, -0.05) is 53.1 Å². The molecule has 4 heteroatoms. The van der Waals surface area contributed by atoms with E-state index in [2.05, 4.69) is 51.4 Å². The summed E-state index contributed by atoms with van der Waals surface area (Å²) in [5.41, 5.74) is 0. The van der Waals surface area contributed by atoms with Crippen LogP contribution < -0.4 is 4.90 Å². The van der Waals surface area contributed by atoms with Gasteiger partial charge in [-0.15, -0.1) is 0 Å². The topological polar surface area (TPSA) is 29.0 Å². The van der Waals surface area contributed by atoms with Crippen molar-refractivity contribution in [2.75, 3.05) is 18.0 Å². The van der Waals surface area contributed by atoms with Crippen LogP contribution in [0.5, 0.6) is 0 Å². The molecule has 3 nitrogen and oxygen atoms in total. The minimum absolute atomic E-state index is 0.291. The summed E-state index contributed by atoms with van der Waals surface area (Å²) in [6.45, 7) is 15.3. The van der Waals surface area contributed by atoms with Crippen LogP contribution in [0.1, 0.15) is 66.1 Å². The van der Waals surface area contributed by atoms with E-state index >= 15 is 0 Å². The zero-order chi connectivity index (χ0) is 16.0. The average molecular weight is 312 g/mol. The lowest BCUT2D eigenvalue weighted by atomic mass is 10.1. The minimum Gasteiger partial charge on any atom is -0.356 e. The maximum Gasteiger partial charge on any atom is 0.135 e. The van der Waals surface area contributed by atoms with Gasteiger partial charge in [-0.25, -0.2) is 9.97 Å². The summed E-state index contributed by atoms with van der Waals surface area (Å²) in [5.74, 6) is 3.47. The van der Waals surface area contributed by atoms with Gasteiger partial charge in [0.15, 0.2) is 0 Å². The second-order valence-electron chi connectivity index (χ2n) is 6.91. The van der Waals surface area contributed by atoms with Gasteiger partial charge in [-0.2, -0.15) is 0 Å². The summed E-state index contributed by atoms with van der Waals surface area (Å²) < 4.78 is 0. The van der Waals surface area contributed by atoms with Crippen molar-refractivity contribution in [3.05, 3.63) is 17.0 Å². The van der Waals surface area contributed by atoms with Crippen LogP contribution in [-0.2, 0) is 0 Å². The Bertz CT molecular complexity index is 418. The van der Waals surface area contributed by atoms with Gasteiger partial charge in [0.05, 0.1) is 0 Å². The highest BCUT2D eigenvalue weighted by Crippen LogP contribution is 2.21. The molecule has 0 saturated carbocycles. The molecule has 0 fully saturated rings. The second-order valence-corrected chi connectivity index (χ2v) is 7.30. The fourth-order valence-corrected chi connectivity index (χ4v) is 2.20. The number of hydrogen-bond donors (Lipinski definition) is 0. The van der Waals surface area contributed by atoms with Crippen LogP contribution in [0.15, 0.2) is 6.07 Å². The van der Waals surface area contributed by atoms with Crippen molar-refractivity contribution in [1.82, 2.24) is 9.97 Å². The maximum atomic E-state index is 6.19. The fraction of sp³-hybridized carbons (Fsp3) is 0.765. The van der Waals surface area contributed by atoms with E-state index in [9.17, 15) is 0 Å². The molecule has 1 aromatic heterocycles. The summed E-state index contributed by atoms with van der Waals surface area (Å²) in [7, 11) is 0. The Balaban J connectivity index is 2.94. The monoisotopic (exact) mass is 311 g/mol. The van der Waals surface area contributed by atoms with E-state index in [4.69, 9.17) is 16.6 Å². The highest BCUT2D eigenvalue weighted by Gasteiger charge is 2.14. The van der Waals surface area contributed by atoms with Crippen molar-refractivity contribution in [2.45, 2.75) is 60.3 Å². The molecule has 1 aromatic rings. The van der Waals surface area contributed by atoms with E-state index in [0.29, 0.717) is 22.9 Å². The lowest BCUT2D eigenvalue weighted by Gasteiger charge is -2.26. The number of anilines is 1. The maximum absolute atomic E-state index is 6.19. The van der Waals surface area contributed by atoms with Crippen LogP contribution in [0.3, 0.4) is 0 Å². The van der Waals surface area contributed by atoms with Gasteiger partial charge in [0.2, 0.25) is 0 Å². The highest BCUT2D eigenvalue weighted by atomic mass is 35.5. The molecule has 0 bridgehead atoms. The Hall–Kier alpha value is -0.830. The van der Waals surface area contributed by atoms with Gasteiger partial charge in [0.1, 0.15) is 16.8 Å². The Kier molecular flexibility index (Phi) is 7.44. The van der Waals surface area contributed by atoms with E-state index in [-0.39, 0.29) is 0 Å². The minimum atomic E-state index is 0.291. The SMILES string of the molecule is CC(C)CCN(CCC(C)C)c1cc(Cl)nc(C(C)C)n1. The molecular formula is C17H30ClN3. The molecule has 0 N–H and O–H groups in total. The predicted octanol–water partition coefficient (Wildman–Crippen LogP) is 5.15. The third-order valence-corrected chi connectivity index (χ3v) is 3.69. The number of hydrogen-bond acceptors (Lipinski definition) is 3. The second kappa shape index (κ2) is 8.57. The molecular weight excluding hydrogens is 282 g/mol. The predicted molar refractivity (Wildman–Crippen MR) is 92.3 cm³/mol. The van der Waals surface area contributed by atoms with Crippen molar-refractivity contribution >= 4 is 17.4 Å². The lowest BCUT2D eigenvalue weighted by Crippen LogP contribution is -2.29. The van der Waals surface area contributed by atoms with E-state index in [0.717, 1.165) is 37.6 Å². The quantitative estimate of drug-likeness (QED) is 0.621. The largest absolute Gasteiger partial charge is 0.356 e. The zero-order valence-corrected chi connectivity index (χ0v) is 15.1. The first-order chi connectivity index (χ1) is 9.79. The third-order valence-electron chi connectivity index (χ3n) is 3.49. The first kappa shape index (κ1) is 18.2. The number of halogens is 1. The van der Waals surface area contributed by atoms with Crippen LogP contribution in [0.2, 0.25) is 5.15 Å². The Morgan fingerprint density at radius 1 is 0.952 bits per heavy atom. The van der Waals surface area contributed by atoms with Crippen molar-refractivity contribution in [2.24, 2.45) is 11.8 Å². The van der Waals surface area contributed by atoms with Crippen LogP contribution >= 0.6 is 11.6 Å². The van der Waals surface area contributed by atoms with Gasteiger partial charge in [0.25, 0.3) is 0 Å². The Morgan fingerprint density at radius 3 is 1.90 bits per heavy atom. The standard InChI is InChI=1S/C17H30ClN3/c1-12(2)7-9-21(10-8-13(3)4)16-11-15(18)19-17(20-16)14(5)6/h11-14H,7-10H2,1-6H3.